The van der Waals surface area contributed by atoms with E-state index in [-0.39, 0.29) is 11.6 Å². The number of amides is 3. The summed E-state index contributed by atoms with van der Waals surface area (Å²) >= 11 is 13.8. The van der Waals surface area contributed by atoms with E-state index in [1.165, 1.54) is 17.8 Å². The van der Waals surface area contributed by atoms with Crippen LogP contribution in [0.4, 0.5) is 11.4 Å². The van der Waals surface area contributed by atoms with Crippen molar-refractivity contribution in [3.63, 3.8) is 0 Å². The number of ether oxygens (including phenoxy) is 1. The molecule has 0 fully saturated rings. The van der Waals surface area contributed by atoms with Crippen LogP contribution in [0.3, 0.4) is 0 Å². The Hall–Kier alpha value is -5.02. The monoisotopic (exact) mass is 681 g/mol. The van der Waals surface area contributed by atoms with Gasteiger partial charge in [0, 0.05) is 37.9 Å². The fraction of sp³-hybridized carbons (Fsp3) is 0.0541. The Bertz CT molecular complexity index is 1900. The lowest BCUT2D eigenvalue weighted by atomic mass is 10.1. The molecule has 0 radical (unpaired) electrons. The summed E-state index contributed by atoms with van der Waals surface area (Å²) in [7, 11) is 1.57. The summed E-state index contributed by atoms with van der Waals surface area (Å²) in [5, 5.41) is 8.73. The zero-order valence-corrected chi connectivity index (χ0v) is 27.4. The minimum atomic E-state index is -0.560. The van der Waals surface area contributed by atoms with Crippen molar-refractivity contribution < 1.29 is 19.1 Å². The third kappa shape index (κ3) is 9.26. The van der Waals surface area contributed by atoms with Crippen LogP contribution in [0, 0.1) is 0 Å². The quantitative estimate of drug-likeness (QED) is 0.0956. The van der Waals surface area contributed by atoms with Gasteiger partial charge in [0.1, 0.15) is 16.7 Å². The summed E-state index contributed by atoms with van der Waals surface area (Å²) in [6.45, 7) is 0. The number of methoxy groups -OCH3 is 1. The maximum absolute atomic E-state index is 13.5. The van der Waals surface area contributed by atoms with Gasteiger partial charge in [-0.15, -0.1) is 11.8 Å². The summed E-state index contributed by atoms with van der Waals surface area (Å²) in [5.74, 6) is -0.571. The molecule has 3 N–H and O–H groups in total. The van der Waals surface area contributed by atoms with E-state index in [0.29, 0.717) is 38.3 Å². The third-order valence-corrected chi connectivity index (χ3v) is 8.66. The van der Waals surface area contributed by atoms with E-state index < -0.39 is 17.1 Å². The van der Waals surface area contributed by atoms with Crippen molar-refractivity contribution >= 4 is 70.1 Å². The van der Waals surface area contributed by atoms with E-state index in [2.05, 4.69) is 16.0 Å². The van der Waals surface area contributed by atoms with Crippen molar-refractivity contribution in [2.24, 2.45) is 0 Å². The van der Waals surface area contributed by atoms with Gasteiger partial charge in [-0.1, -0.05) is 83.9 Å². The molecule has 0 bridgehead atoms. The van der Waals surface area contributed by atoms with E-state index in [1.807, 2.05) is 54.6 Å². The molecule has 10 heteroatoms. The Balaban J connectivity index is 1.34. The topological polar surface area (TPSA) is 96.5 Å². The number of nitrogens with one attached hydrogen (secondary N) is 3. The molecule has 236 valence electrons. The number of rotatable bonds is 11. The molecule has 0 aliphatic heterocycles. The Kier molecular flexibility index (Phi) is 11.4. The Morgan fingerprint density at radius 1 is 0.745 bits per heavy atom. The van der Waals surface area contributed by atoms with Gasteiger partial charge in [-0.25, -0.2) is 0 Å². The fourth-order valence-corrected chi connectivity index (χ4v) is 5.96. The molecule has 7 nitrogen and oxygen atoms in total. The van der Waals surface area contributed by atoms with Crippen molar-refractivity contribution in [1.82, 2.24) is 5.32 Å². The molecular weight excluding hydrogens is 653 g/mol. The Morgan fingerprint density at radius 2 is 1.45 bits per heavy atom. The van der Waals surface area contributed by atoms with Gasteiger partial charge >= 0.3 is 0 Å². The molecule has 0 aromatic heterocycles. The number of anilines is 2. The lowest BCUT2D eigenvalue weighted by Gasteiger charge is -2.18. The van der Waals surface area contributed by atoms with Crippen molar-refractivity contribution in [3.05, 3.63) is 160 Å². The van der Waals surface area contributed by atoms with E-state index in [9.17, 15) is 14.4 Å². The van der Waals surface area contributed by atoms with E-state index in [1.54, 1.807) is 79.9 Å². The molecule has 0 spiro atoms. The van der Waals surface area contributed by atoms with Crippen LogP contribution in [0.15, 0.2) is 138 Å². The van der Waals surface area contributed by atoms with Crippen molar-refractivity contribution in [1.29, 1.82) is 0 Å². The average molecular weight is 683 g/mol. The zero-order chi connectivity index (χ0) is 33.2. The van der Waals surface area contributed by atoms with Gasteiger partial charge in [0.25, 0.3) is 11.8 Å². The minimum Gasteiger partial charge on any atom is -0.497 e. The molecule has 0 saturated carbocycles. The molecule has 5 aromatic rings. The zero-order valence-electron chi connectivity index (χ0n) is 25.1. The molecule has 0 saturated heterocycles. The molecule has 5 aromatic carbocycles. The van der Waals surface area contributed by atoms with Gasteiger partial charge in [-0.3, -0.25) is 14.4 Å². The van der Waals surface area contributed by atoms with Crippen LogP contribution >= 0.6 is 35.0 Å². The Morgan fingerprint density at radius 3 is 2.13 bits per heavy atom. The standard InChI is InChI=1S/C37H29Cl2N3O4S/c1-46-30-14-8-13-29(23-30)41-37(45)34(24-9-4-2-5-10-24)47-31-19-17-28(18-20-31)40-36(44)33(21-26-15-16-27(38)22-32(26)39)42-35(43)25-11-6-3-7-12-25/h2-23,34H,1H3,(H,40,44)(H,41,45)(H,42,43)/b33-21-. The lowest BCUT2D eigenvalue weighted by Crippen LogP contribution is -2.30. The molecular formula is C37H29Cl2N3O4S. The van der Waals surface area contributed by atoms with Crippen molar-refractivity contribution in [2.45, 2.75) is 10.1 Å². The molecule has 0 heterocycles. The summed E-state index contributed by atoms with van der Waals surface area (Å²) < 4.78 is 5.29. The second-order valence-corrected chi connectivity index (χ2v) is 12.2. The number of thioether (sulfide) groups is 1. The summed E-state index contributed by atoms with van der Waals surface area (Å²) in [6, 6.07) is 37.2. The normalized spacial score (nSPS) is 11.7. The first-order valence-electron chi connectivity index (χ1n) is 14.4. The molecule has 0 aliphatic rings. The van der Waals surface area contributed by atoms with Gasteiger partial charge in [-0.2, -0.15) is 0 Å². The number of carbonyl (C=O) groups is 3. The summed E-state index contributed by atoms with van der Waals surface area (Å²) in [4.78, 5) is 40.8. The smallest absolute Gasteiger partial charge is 0.272 e. The third-order valence-electron chi connectivity index (χ3n) is 6.83. The van der Waals surface area contributed by atoms with Crippen LogP contribution in [-0.4, -0.2) is 24.8 Å². The minimum absolute atomic E-state index is 0.0140. The summed E-state index contributed by atoms with van der Waals surface area (Å²) in [5.41, 5.74) is 2.81. The Labute approximate surface area is 287 Å². The summed E-state index contributed by atoms with van der Waals surface area (Å²) in [6.07, 6.45) is 1.49. The first kappa shape index (κ1) is 33.3. The van der Waals surface area contributed by atoms with E-state index in [4.69, 9.17) is 27.9 Å². The predicted molar refractivity (Wildman–Crippen MR) is 190 cm³/mol. The van der Waals surface area contributed by atoms with Gasteiger partial charge in [-0.05, 0) is 77.9 Å². The predicted octanol–water partition coefficient (Wildman–Crippen LogP) is 8.88. The van der Waals surface area contributed by atoms with Crippen LogP contribution in [0.5, 0.6) is 5.75 Å². The number of hydrogen-bond acceptors (Lipinski definition) is 5. The highest BCUT2D eigenvalue weighted by atomic mass is 35.5. The maximum atomic E-state index is 13.5. The number of benzene rings is 5. The highest BCUT2D eigenvalue weighted by Gasteiger charge is 2.23. The van der Waals surface area contributed by atoms with Gasteiger partial charge in [0.05, 0.1) is 7.11 Å². The van der Waals surface area contributed by atoms with Crippen LogP contribution in [0.25, 0.3) is 6.08 Å². The van der Waals surface area contributed by atoms with E-state index in [0.717, 1.165) is 10.5 Å². The molecule has 1 unspecified atom stereocenters. The van der Waals surface area contributed by atoms with Crippen LogP contribution < -0.4 is 20.7 Å². The highest BCUT2D eigenvalue weighted by Crippen LogP contribution is 2.37. The largest absolute Gasteiger partial charge is 0.497 e. The van der Waals surface area contributed by atoms with Gasteiger partial charge < -0.3 is 20.7 Å². The van der Waals surface area contributed by atoms with Crippen LogP contribution in [0.2, 0.25) is 10.0 Å². The van der Waals surface area contributed by atoms with Gasteiger partial charge in [0.15, 0.2) is 0 Å². The number of carbonyl (C=O) groups excluding carboxylic acids is 3. The first-order valence-corrected chi connectivity index (χ1v) is 16.0. The highest BCUT2D eigenvalue weighted by molar-refractivity contribution is 8.00. The number of hydrogen-bond donors (Lipinski definition) is 3. The molecule has 5 rings (SSSR count). The number of halogens is 2. The molecule has 3 amide bonds. The SMILES string of the molecule is COc1cccc(NC(=O)C(Sc2ccc(NC(=O)/C(=C/c3ccc(Cl)cc3Cl)NC(=O)c3ccccc3)cc2)c2ccccc2)c1. The van der Waals surface area contributed by atoms with Crippen molar-refractivity contribution in [3.8, 4) is 5.75 Å². The molecule has 1 atom stereocenters. The molecule has 0 aliphatic carbocycles. The first-order chi connectivity index (χ1) is 22.8. The molecule has 47 heavy (non-hydrogen) atoms. The lowest BCUT2D eigenvalue weighted by molar-refractivity contribution is -0.116. The maximum Gasteiger partial charge on any atom is 0.272 e. The average Bonchev–Trinajstić information content (AvgIpc) is 3.09. The fourth-order valence-electron chi connectivity index (χ4n) is 4.48. The second kappa shape index (κ2) is 16.0. The second-order valence-electron chi connectivity index (χ2n) is 10.2. The van der Waals surface area contributed by atoms with Crippen LogP contribution in [0.1, 0.15) is 26.7 Å². The van der Waals surface area contributed by atoms with Gasteiger partial charge in [0.2, 0.25) is 5.91 Å². The van der Waals surface area contributed by atoms with Crippen molar-refractivity contribution in [2.75, 3.05) is 17.7 Å². The van der Waals surface area contributed by atoms with Crippen LogP contribution in [-0.2, 0) is 9.59 Å². The van der Waals surface area contributed by atoms with E-state index >= 15 is 0 Å².